The maximum Gasteiger partial charge on any atom is 0.270 e. The highest BCUT2D eigenvalue weighted by Crippen LogP contribution is 2.24. The molecule has 0 atom stereocenters. The molecule has 3 rings (SSSR count). The molecule has 2 N–H and O–H groups in total. The minimum Gasteiger partial charge on any atom is -0.353 e. The van der Waals surface area contributed by atoms with Crippen LogP contribution < -0.4 is 10.9 Å². The normalized spacial score (nSPS) is 16.1. The van der Waals surface area contributed by atoms with Crippen molar-refractivity contribution >= 4 is 21.7 Å². The molecule has 1 saturated heterocycles. The zero-order chi connectivity index (χ0) is 20.5. The van der Waals surface area contributed by atoms with Crippen molar-refractivity contribution in [3.63, 3.8) is 0 Å². The molecule has 150 valence electrons. The third-order valence-corrected chi connectivity index (χ3v) is 6.75. The Balaban J connectivity index is 1.69. The predicted octanol–water partition coefficient (Wildman–Crippen LogP) is 1.56. The van der Waals surface area contributed by atoms with Crippen molar-refractivity contribution in [1.29, 1.82) is 0 Å². The minimum absolute atomic E-state index is 0.0400. The Morgan fingerprint density at radius 2 is 1.96 bits per heavy atom. The number of H-pyrrole nitrogens is 1. The van der Waals surface area contributed by atoms with Crippen molar-refractivity contribution in [1.82, 2.24) is 14.3 Å². The molecule has 1 aliphatic heterocycles. The van der Waals surface area contributed by atoms with Gasteiger partial charge in [-0.1, -0.05) is 6.07 Å². The van der Waals surface area contributed by atoms with Crippen molar-refractivity contribution in [2.24, 2.45) is 0 Å². The molecular formula is C17H21N5O5S. The molecule has 1 aromatic heterocycles. The van der Waals surface area contributed by atoms with Crippen molar-refractivity contribution in [2.45, 2.75) is 37.6 Å². The number of nitro benzene ring substituents is 1. The lowest BCUT2D eigenvalue weighted by atomic mass is 10.1. The number of non-ortho nitro benzene ring substituents is 1. The molecule has 28 heavy (non-hydrogen) atoms. The Morgan fingerprint density at radius 3 is 2.57 bits per heavy atom. The van der Waals surface area contributed by atoms with Crippen molar-refractivity contribution < 1.29 is 13.3 Å². The number of rotatable bonds is 5. The van der Waals surface area contributed by atoms with Crippen LogP contribution in [0.5, 0.6) is 0 Å². The molecule has 0 radical (unpaired) electrons. The Hall–Kier alpha value is -2.79. The number of nitrogens with one attached hydrogen (secondary N) is 2. The van der Waals surface area contributed by atoms with Crippen molar-refractivity contribution in [3.8, 4) is 0 Å². The largest absolute Gasteiger partial charge is 0.353 e. The molecule has 0 aliphatic carbocycles. The van der Waals surface area contributed by atoms with Crippen LogP contribution in [0.1, 0.15) is 24.1 Å². The molecule has 2 heterocycles. The third kappa shape index (κ3) is 4.04. The monoisotopic (exact) mass is 407 g/mol. The van der Waals surface area contributed by atoms with Crippen LogP contribution in [0.15, 0.2) is 34.0 Å². The van der Waals surface area contributed by atoms with E-state index in [2.05, 4.69) is 15.3 Å². The molecule has 0 unspecified atom stereocenters. The number of aromatic amines is 1. The summed E-state index contributed by atoms with van der Waals surface area (Å²) >= 11 is 0. The van der Waals surface area contributed by atoms with E-state index in [4.69, 9.17) is 0 Å². The van der Waals surface area contributed by atoms with E-state index in [9.17, 15) is 23.3 Å². The summed E-state index contributed by atoms with van der Waals surface area (Å²) in [6.07, 6.45) is 1.04. The zero-order valence-corrected chi connectivity index (χ0v) is 16.3. The number of hydrogen-bond acceptors (Lipinski definition) is 7. The number of nitro groups is 1. The number of aromatic nitrogens is 2. The fraction of sp³-hybridized carbons (Fsp3) is 0.412. The average molecular weight is 407 g/mol. The quantitative estimate of drug-likeness (QED) is 0.566. The highest BCUT2D eigenvalue weighted by molar-refractivity contribution is 7.89. The standard InChI is InChI=1S/C17H21N5O5S/c1-11-12(2)18-17(20-16(11)23)19-13-6-8-21(9-7-13)28(26,27)15-5-3-4-14(10-15)22(24)25/h3-5,10,13H,6-9H2,1-2H3,(H2,18,19,20,23). The van der Waals surface area contributed by atoms with Gasteiger partial charge in [-0.15, -0.1) is 0 Å². The lowest BCUT2D eigenvalue weighted by Crippen LogP contribution is -2.42. The van der Waals surface area contributed by atoms with Gasteiger partial charge in [0.2, 0.25) is 16.0 Å². The van der Waals surface area contributed by atoms with Gasteiger partial charge in [-0.25, -0.2) is 13.4 Å². The van der Waals surface area contributed by atoms with Gasteiger partial charge in [0.1, 0.15) is 0 Å². The molecular weight excluding hydrogens is 386 g/mol. The van der Waals surface area contributed by atoms with E-state index in [1.54, 1.807) is 13.8 Å². The molecule has 1 aromatic carbocycles. The Bertz CT molecular complexity index is 1060. The number of benzene rings is 1. The molecule has 11 heteroatoms. The first-order valence-electron chi connectivity index (χ1n) is 8.77. The predicted molar refractivity (Wildman–Crippen MR) is 103 cm³/mol. The average Bonchev–Trinajstić information content (AvgIpc) is 2.66. The van der Waals surface area contributed by atoms with Crippen LogP contribution in [0.2, 0.25) is 0 Å². The van der Waals surface area contributed by atoms with E-state index < -0.39 is 14.9 Å². The smallest absolute Gasteiger partial charge is 0.270 e. The van der Waals surface area contributed by atoms with Gasteiger partial charge in [0, 0.05) is 42.5 Å². The Morgan fingerprint density at radius 1 is 1.29 bits per heavy atom. The van der Waals surface area contributed by atoms with Crippen LogP contribution in [0.3, 0.4) is 0 Å². The Labute approximate surface area is 161 Å². The van der Waals surface area contributed by atoms with E-state index >= 15 is 0 Å². The summed E-state index contributed by atoms with van der Waals surface area (Å²) in [6.45, 7) is 3.97. The molecule has 0 bridgehead atoms. The lowest BCUT2D eigenvalue weighted by Gasteiger charge is -2.31. The molecule has 1 fully saturated rings. The van der Waals surface area contributed by atoms with Gasteiger partial charge >= 0.3 is 0 Å². The first-order chi connectivity index (χ1) is 13.2. The van der Waals surface area contributed by atoms with Crippen LogP contribution in [0.4, 0.5) is 11.6 Å². The molecule has 2 aromatic rings. The van der Waals surface area contributed by atoms with Crippen LogP contribution >= 0.6 is 0 Å². The fourth-order valence-electron chi connectivity index (χ4n) is 3.05. The van der Waals surface area contributed by atoms with Crippen molar-refractivity contribution in [2.75, 3.05) is 18.4 Å². The number of anilines is 1. The second-order valence-electron chi connectivity index (χ2n) is 6.70. The molecule has 0 spiro atoms. The highest BCUT2D eigenvalue weighted by Gasteiger charge is 2.30. The summed E-state index contributed by atoms with van der Waals surface area (Å²) in [4.78, 5) is 29.0. The molecule has 0 saturated carbocycles. The van der Waals surface area contributed by atoms with E-state index in [1.165, 1.54) is 22.5 Å². The van der Waals surface area contributed by atoms with Gasteiger partial charge in [-0.2, -0.15) is 4.31 Å². The van der Waals surface area contributed by atoms with E-state index in [0.29, 0.717) is 30.0 Å². The summed E-state index contributed by atoms with van der Waals surface area (Å²) in [6, 6.07) is 5.01. The molecule has 10 nitrogen and oxygen atoms in total. The summed E-state index contributed by atoms with van der Waals surface area (Å²) < 4.78 is 26.9. The zero-order valence-electron chi connectivity index (χ0n) is 15.5. The second-order valence-corrected chi connectivity index (χ2v) is 8.64. The minimum atomic E-state index is -3.81. The molecule has 0 amide bonds. The van der Waals surface area contributed by atoms with Crippen LogP contribution in [0.25, 0.3) is 0 Å². The highest BCUT2D eigenvalue weighted by atomic mass is 32.2. The van der Waals surface area contributed by atoms with Crippen LogP contribution in [-0.2, 0) is 10.0 Å². The van der Waals surface area contributed by atoms with Gasteiger partial charge in [-0.3, -0.25) is 19.9 Å². The first-order valence-corrected chi connectivity index (χ1v) is 10.2. The van der Waals surface area contributed by atoms with Crippen molar-refractivity contribution in [3.05, 3.63) is 56.0 Å². The topological polar surface area (TPSA) is 138 Å². The van der Waals surface area contributed by atoms with Gasteiger partial charge in [0.05, 0.1) is 9.82 Å². The third-order valence-electron chi connectivity index (χ3n) is 4.86. The summed E-state index contributed by atoms with van der Waals surface area (Å²) in [5.74, 6) is 0.369. The SMILES string of the molecule is Cc1nc(NC2CCN(S(=O)(=O)c3cccc([N+](=O)[O-])c3)CC2)[nH]c(=O)c1C. The first kappa shape index (κ1) is 20.0. The maximum atomic E-state index is 12.8. The number of aryl methyl sites for hydroxylation is 1. The van der Waals surface area contributed by atoms with E-state index in [-0.39, 0.29) is 35.3 Å². The fourth-order valence-corrected chi connectivity index (χ4v) is 4.56. The van der Waals surface area contributed by atoms with Gasteiger partial charge in [0.25, 0.3) is 11.2 Å². The summed E-state index contributed by atoms with van der Waals surface area (Å²) in [5.41, 5.74) is 0.725. The number of nitrogens with zero attached hydrogens (tertiary/aromatic N) is 3. The maximum absolute atomic E-state index is 12.8. The van der Waals surface area contributed by atoms with Crippen LogP contribution in [0, 0.1) is 24.0 Å². The Kier molecular flexibility index (Phi) is 5.47. The number of piperidine rings is 1. The van der Waals surface area contributed by atoms with E-state index in [1.807, 2.05) is 0 Å². The van der Waals surface area contributed by atoms with Gasteiger partial charge in [0.15, 0.2) is 0 Å². The molecule has 1 aliphatic rings. The van der Waals surface area contributed by atoms with E-state index in [0.717, 1.165) is 6.07 Å². The number of sulfonamides is 1. The van der Waals surface area contributed by atoms with Gasteiger partial charge < -0.3 is 5.32 Å². The summed E-state index contributed by atoms with van der Waals surface area (Å²) in [5, 5.41) is 14.0. The lowest BCUT2D eigenvalue weighted by molar-refractivity contribution is -0.385. The van der Waals surface area contributed by atoms with Crippen LogP contribution in [-0.4, -0.2) is 46.7 Å². The second kappa shape index (κ2) is 7.68. The summed E-state index contributed by atoms with van der Waals surface area (Å²) in [7, 11) is -3.81. The van der Waals surface area contributed by atoms with Gasteiger partial charge in [-0.05, 0) is 32.8 Å². The number of hydrogen-bond donors (Lipinski definition) is 2.